The lowest BCUT2D eigenvalue weighted by atomic mass is 9.43. The number of aliphatic hydroxyl groups excluding tert-OH is 2. The van der Waals surface area contributed by atoms with Gasteiger partial charge in [-0.2, -0.15) is 0 Å². The Morgan fingerprint density at radius 2 is 1.96 bits per heavy atom. The summed E-state index contributed by atoms with van der Waals surface area (Å²) in [5, 5.41) is 32.1. The van der Waals surface area contributed by atoms with Gasteiger partial charge < -0.3 is 15.3 Å². The van der Waals surface area contributed by atoms with Crippen molar-refractivity contribution >= 4 is 5.78 Å². The summed E-state index contributed by atoms with van der Waals surface area (Å²) in [5.74, 6) is -0.411. The normalized spacial score (nSPS) is 51.9. The lowest BCUT2D eigenvalue weighted by Crippen LogP contribution is -2.68. The van der Waals surface area contributed by atoms with Gasteiger partial charge in [0.1, 0.15) is 5.67 Å². The highest BCUT2D eigenvalue weighted by atomic mass is 19.1. The Labute approximate surface area is 160 Å². The first kappa shape index (κ1) is 19.3. The molecule has 0 aromatic rings. The van der Waals surface area contributed by atoms with Crippen molar-refractivity contribution in [2.24, 2.45) is 22.7 Å². The van der Waals surface area contributed by atoms with Gasteiger partial charge in [-0.1, -0.05) is 26.0 Å². The summed E-state index contributed by atoms with van der Waals surface area (Å²) in [4.78, 5) is 11.9. The van der Waals surface area contributed by atoms with Crippen LogP contribution in [0.1, 0.15) is 58.8 Å². The van der Waals surface area contributed by atoms with Gasteiger partial charge in [0.2, 0.25) is 0 Å². The molecule has 4 aliphatic rings. The molecule has 0 saturated heterocycles. The Hall–Kier alpha value is -1.04. The summed E-state index contributed by atoms with van der Waals surface area (Å²) in [5.41, 5.74) is -3.43. The number of halogens is 1. The molecule has 0 spiro atoms. The van der Waals surface area contributed by atoms with Crippen LogP contribution in [0, 0.1) is 22.7 Å². The van der Waals surface area contributed by atoms with E-state index in [2.05, 4.69) is 6.58 Å². The topological polar surface area (TPSA) is 77.8 Å². The van der Waals surface area contributed by atoms with Crippen molar-refractivity contribution in [3.63, 3.8) is 0 Å². The second-order valence-corrected chi connectivity index (χ2v) is 9.79. The van der Waals surface area contributed by atoms with Crippen molar-refractivity contribution in [1.82, 2.24) is 0 Å². The molecule has 0 bridgehead atoms. The predicted molar refractivity (Wildman–Crippen MR) is 99.6 cm³/mol. The van der Waals surface area contributed by atoms with Gasteiger partial charge in [0, 0.05) is 23.2 Å². The Morgan fingerprint density at radius 3 is 2.63 bits per heavy atom. The highest BCUT2D eigenvalue weighted by Crippen LogP contribution is 2.70. The number of carbonyl (C=O) groups is 1. The Balaban J connectivity index is 1.80. The molecule has 0 amide bonds. The molecule has 3 N–H and O–H groups in total. The van der Waals surface area contributed by atoms with Crippen molar-refractivity contribution in [1.29, 1.82) is 0 Å². The number of ketones is 1. The van der Waals surface area contributed by atoms with Crippen LogP contribution in [-0.4, -0.2) is 45.1 Å². The Kier molecular flexibility index (Phi) is 4.10. The van der Waals surface area contributed by atoms with E-state index in [0.717, 1.165) is 5.57 Å². The first-order chi connectivity index (χ1) is 12.5. The van der Waals surface area contributed by atoms with Crippen LogP contribution in [0.5, 0.6) is 0 Å². The molecule has 3 fully saturated rings. The smallest absolute Gasteiger partial charge is 0.155 e. The van der Waals surface area contributed by atoms with E-state index in [0.29, 0.717) is 44.1 Å². The zero-order valence-electron chi connectivity index (χ0n) is 16.3. The zero-order chi connectivity index (χ0) is 19.8. The van der Waals surface area contributed by atoms with Crippen molar-refractivity contribution in [3.8, 4) is 0 Å². The van der Waals surface area contributed by atoms with Gasteiger partial charge in [0.15, 0.2) is 5.78 Å². The molecular formula is C22H31FO4. The van der Waals surface area contributed by atoms with E-state index in [9.17, 15) is 20.1 Å². The molecule has 27 heavy (non-hydrogen) atoms. The van der Waals surface area contributed by atoms with Crippen LogP contribution < -0.4 is 0 Å². The molecule has 0 aliphatic heterocycles. The highest BCUT2D eigenvalue weighted by molar-refractivity contribution is 5.91. The van der Waals surface area contributed by atoms with Gasteiger partial charge in [0.05, 0.1) is 18.3 Å². The summed E-state index contributed by atoms with van der Waals surface area (Å²) >= 11 is 0. The molecule has 0 aromatic heterocycles. The second-order valence-electron chi connectivity index (χ2n) is 9.79. The van der Waals surface area contributed by atoms with E-state index in [4.69, 9.17) is 0 Å². The molecule has 4 aliphatic carbocycles. The van der Waals surface area contributed by atoms with Crippen LogP contribution in [0.25, 0.3) is 0 Å². The summed E-state index contributed by atoms with van der Waals surface area (Å²) in [6.07, 6.45) is 3.60. The summed E-state index contributed by atoms with van der Waals surface area (Å²) in [7, 11) is 0. The van der Waals surface area contributed by atoms with E-state index in [1.54, 1.807) is 6.08 Å². The number of fused-ring (bicyclic) bond motifs is 5. The molecule has 4 rings (SSSR count). The van der Waals surface area contributed by atoms with Crippen molar-refractivity contribution in [2.75, 3.05) is 6.61 Å². The lowest BCUT2D eigenvalue weighted by molar-refractivity contribution is -0.223. The van der Waals surface area contributed by atoms with Crippen LogP contribution in [0.2, 0.25) is 0 Å². The first-order valence-corrected chi connectivity index (χ1v) is 10.2. The van der Waals surface area contributed by atoms with E-state index >= 15 is 4.39 Å². The van der Waals surface area contributed by atoms with Gasteiger partial charge in [-0.25, -0.2) is 4.39 Å². The van der Waals surface area contributed by atoms with E-state index < -0.39 is 28.2 Å². The zero-order valence-corrected chi connectivity index (χ0v) is 16.3. The minimum absolute atomic E-state index is 0.0501. The minimum Gasteiger partial charge on any atom is -0.392 e. The molecule has 0 heterocycles. The monoisotopic (exact) mass is 378 g/mol. The average molecular weight is 378 g/mol. The molecule has 2 unspecified atom stereocenters. The molecule has 150 valence electrons. The SMILES string of the molecule is C=C(CO)[C@@]1(O)CCC2C3CCC4=CC(=O)CC[C@]4(C)[C@@]3(F)[C@@H](O)C[C@@]21C. The lowest BCUT2D eigenvalue weighted by Gasteiger charge is -2.63. The van der Waals surface area contributed by atoms with Crippen LogP contribution in [0.3, 0.4) is 0 Å². The summed E-state index contributed by atoms with van der Waals surface area (Å²) < 4.78 is 16.8. The highest BCUT2D eigenvalue weighted by Gasteiger charge is 2.73. The van der Waals surface area contributed by atoms with Crippen LogP contribution in [0.15, 0.2) is 23.8 Å². The first-order valence-electron chi connectivity index (χ1n) is 10.2. The summed E-state index contributed by atoms with van der Waals surface area (Å²) in [6, 6.07) is 0. The fourth-order valence-electron chi connectivity index (χ4n) is 7.29. The number of carbonyl (C=O) groups excluding carboxylic acids is 1. The summed E-state index contributed by atoms with van der Waals surface area (Å²) in [6.45, 7) is 7.36. The van der Waals surface area contributed by atoms with Gasteiger partial charge >= 0.3 is 0 Å². The maximum Gasteiger partial charge on any atom is 0.155 e. The van der Waals surface area contributed by atoms with Crippen LogP contribution in [0.4, 0.5) is 4.39 Å². The second kappa shape index (κ2) is 5.74. The minimum atomic E-state index is -1.80. The number of alkyl halides is 1. The number of rotatable bonds is 2. The number of allylic oxidation sites excluding steroid dienone is 1. The van der Waals surface area contributed by atoms with Crippen molar-refractivity contribution in [2.45, 2.75) is 76.2 Å². The quantitative estimate of drug-likeness (QED) is 0.646. The third-order valence-corrected chi connectivity index (χ3v) is 8.97. The van der Waals surface area contributed by atoms with Gasteiger partial charge in [-0.15, -0.1) is 0 Å². The molecule has 4 nitrogen and oxygen atoms in total. The molecule has 3 saturated carbocycles. The van der Waals surface area contributed by atoms with E-state index in [1.807, 2.05) is 13.8 Å². The molecule has 0 aromatic carbocycles. The number of hydrogen-bond acceptors (Lipinski definition) is 4. The van der Waals surface area contributed by atoms with Crippen LogP contribution in [-0.2, 0) is 4.79 Å². The Bertz CT molecular complexity index is 732. The maximum absolute atomic E-state index is 16.8. The number of hydrogen-bond donors (Lipinski definition) is 3. The molecule has 5 heteroatoms. The van der Waals surface area contributed by atoms with Gasteiger partial charge in [-0.05, 0) is 56.1 Å². The fraction of sp³-hybridized carbons (Fsp3) is 0.773. The third kappa shape index (κ3) is 2.11. The largest absolute Gasteiger partial charge is 0.392 e. The third-order valence-electron chi connectivity index (χ3n) is 8.97. The Morgan fingerprint density at radius 1 is 1.26 bits per heavy atom. The van der Waals surface area contributed by atoms with Gasteiger partial charge in [0.25, 0.3) is 0 Å². The standard InChI is InChI=1S/C22H31FO4/c1-13(12-24)21(27)9-7-16-17-5-4-14-10-15(25)6-8-19(14,2)22(17,23)18(26)11-20(16,21)3/h10,16-18,24,26-27H,1,4-9,11-12H2,2-3H3/t16?,17?,18-,19-,20-,21-,22-/m0/s1. The maximum atomic E-state index is 16.8. The van der Waals surface area contributed by atoms with E-state index in [1.165, 1.54) is 0 Å². The molecule has 0 radical (unpaired) electrons. The molecule has 7 atom stereocenters. The fourth-order valence-corrected chi connectivity index (χ4v) is 7.29. The number of aliphatic hydroxyl groups is 3. The van der Waals surface area contributed by atoms with Gasteiger partial charge in [-0.3, -0.25) is 4.79 Å². The predicted octanol–water partition coefficient (Wildman–Crippen LogP) is 2.86. The van der Waals surface area contributed by atoms with Crippen molar-refractivity contribution < 1.29 is 24.5 Å². The van der Waals surface area contributed by atoms with E-state index in [-0.39, 0.29) is 30.6 Å². The van der Waals surface area contributed by atoms with Crippen LogP contribution >= 0.6 is 0 Å². The van der Waals surface area contributed by atoms with Crippen molar-refractivity contribution in [3.05, 3.63) is 23.8 Å². The molecular weight excluding hydrogens is 347 g/mol. The average Bonchev–Trinajstić information content (AvgIpc) is 2.88.